The molecule has 1 heterocycles. The number of halogens is 2. The zero-order valence-corrected chi connectivity index (χ0v) is 10.9. The van der Waals surface area contributed by atoms with Crippen LogP contribution in [0.3, 0.4) is 0 Å². The maximum Gasteiger partial charge on any atom is 0.263 e. The van der Waals surface area contributed by atoms with Crippen molar-refractivity contribution in [1.82, 2.24) is 0 Å². The number of benzene rings is 2. The van der Waals surface area contributed by atoms with Crippen molar-refractivity contribution in [2.24, 2.45) is 0 Å². The number of fused-ring (bicyclic) bond motifs is 3. The topological polar surface area (TPSA) is 17.1 Å². The molecule has 0 radical (unpaired) electrons. The fourth-order valence-corrected chi connectivity index (χ4v) is 3.65. The first kappa shape index (κ1) is 11.0. The lowest BCUT2D eigenvalue weighted by Gasteiger charge is -1.98. The average Bonchev–Trinajstić information content (AvgIpc) is 2.67. The third-order valence-corrected chi connectivity index (χ3v) is 4.74. The predicted octanol–water partition coefficient (Wildman–Crippen LogP) is 5.09. The van der Waals surface area contributed by atoms with Gasteiger partial charge in [0.1, 0.15) is 4.88 Å². The van der Waals surface area contributed by atoms with Crippen molar-refractivity contribution >= 4 is 60.6 Å². The molecule has 0 aliphatic carbocycles. The summed E-state index contributed by atoms with van der Waals surface area (Å²) in [6.45, 7) is 0. The Morgan fingerprint density at radius 1 is 1.06 bits per heavy atom. The van der Waals surface area contributed by atoms with Gasteiger partial charge >= 0.3 is 0 Å². The lowest BCUT2D eigenvalue weighted by Crippen LogP contribution is -1.81. The van der Waals surface area contributed by atoms with Gasteiger partial charge in [-0.25, -0.2) is 0 Å². The fraction of sp³-hybridized carbons (Fsp3) is 0. The van der Waals surface area contributed by atoms with E-state index in [4.69, 9.17) is 23.2 Å². The minimum absolute atomic E-state index is 0.416. The highest BCUT2D eigenvalue weighted by Gasteiger charge is 2.16. The summed E-state index contributed by atoms with van der Waals surface area (Å²) in [6, 6.07) is 11.9. The van der Waals surface area contributed by atoms with Crippen LogP contribution >= 0.6 is 34.5 Å². The molecular formula is C13H6Cl2OS. The Morgan fingerprint density at radius 3 is 2.59 bits per heavy atom. The number of rotatable bonds is 1. The van der Waals surface area contributed by atoms with E-state index in [1.807, 2.05) is 36.4 Å². The van der Waals surface area contributed by atoms with E-state index in [2.05, 4.69) is 0 Å². The van der Waals surface area contributed by atoms with Gasteiger partial charge in [-0.3, -0.25) is 4.79 Å². The van der Waals surface area contributed by atoms with E-state index in [1.165, 1.54) is 11.3 Å². The zero-order chi connectivity index (χ0) is 12.0. The van der Waals surface area contributed by atoms with Crippen LogP contribution in [-0.4, -0.2) is 5.24 Å². The van der Waals surface area contributed by atoms with E-state index >= 15 is 0 Å². The average molecular weight is 281 g/mol. The van der Waals surface area contributed by atoms with Gasteiger partial charge in [0, 0.05) is 10.1 Å². The number of carbonyl (C=O) groups excluding carboxylic acids is 1. The molecule has 0 aliphatic heterocycles. The van der Waals surface area contributed by atoms with Crippen molar-refractivity contribution in [3.8, 4) is 0 Å². The summed E-state index contributed by atoms with van der Waals surface area (Å²) in [7, 11) is 0. The smallest absolute Gasteiger partial charge is 0.263 e. The summed E-state index contributed by atoms with van der Waals surface area (Å²) < 4.78 is 1.01. The van der Waals surface area contributed by atoms with E-state index in [-0.39, 0.29) is 0 Å². The molecule has 0 fully saturated rings. The Balaban J connectivity index is 2.51. The highest BCUT2D eigenvalue weighted by atomic mass is 35.5. The molecule has 0 saturated heterocycles. The summed E-state index contributed by atoms with van der Waals surface area (Å²) in [5.74, 6) is 0. The maximum absolute atomic E-state index is 11.3. The second kappa shape index (κ2) is 3.98. The van der Waals surface area contributed by atoms with Crippen LogP contribution in [0.25, 0.3) is 20.9 Å². The minimum atomic E-state index is -0.500. The summed E-state index contributed by atoms with van der Waals surface area (Å²) in [5.41, 5.74) is 0. The monoisotopic (exact) mass is 280 g/mol. The first-order valence-electron chi connectivity index (χ1n) is 4.98. The molecule has 0 aliphatic rings. The highest BCUT2D eigenvalue weighted by molar-refractivity contribution is 7.23. The van der Waals surface area contributed by atoms with Crippen LogP contribution in [0.2, 0.25) is 5.02 Å². The van der Waals surface area contributed by atoms with Crippen LogP contribution in [0.1, 0.15) is 9.67 Å². The van der Waals surface area contributed by atoms with Crippen molar-refractivity contribution in [2.45, 2.75) is 0 Å². The van der Waals surface area contributed by atoms with Gasteiger partial charge in [-0.15, -0.1) is 11.3 Å². The van der Waals surface area contributed by atoms with Crippen LogP contribution in [0.15, 0.2) is 36.4 Å². The molecule has 4 heteroatoms. The van der Waals surface area contributed by atoms with Gasteiger partial charge in [0.25, 0.3) is 5.24 Å². The minimum Gasteiger partial charge on any atom is -0.275 e. The number of carbonyl (C=O) groups is 1. The number of thiophene rings is 1. The Bertz CT molecular complexity index is 746. The molecule has 3 aromatic rings. The molecule has 17 heavy (non-hydrogen) atoms. The highest BCUT2D eigenvalue weighted by Crippen LogP contribution is 2.39. The van der Waals surface area contributed by atoms with Gasteiger partial charge in [-0.1, -0.05) is 48.0 Å². The summed E-state index contributed by atoms with van der Waals surface area (Å²) >= 11 is 13.0. The molecule has 0 spiro atoms. The Labute approximate surface area is 112 Å². The van der Waals surface area contributed by atoms with E-state index in [1.54, 1.807) is 0 Å². The molecular weight excluding hydrogens is 275 g/mol. The third kappa shape index (κ3) is 1.64. The molecule has 0 N–H and O–H groups in total. The van der Waals surface area contributed by atoms with Gasteiger partial charge < -0.3 is 0 Å². The second-order valence-electron chi connectivity index (χ2n) is 3.68. The Kier molecular flexibility index (Phi) is 2.58. The van der Waals surface area contributed by atoms with Crippen molar-refractivity contribution in [3.05, 3.63) is 46.3 Å². The molecule has 3 rings (SSSR count). The van der Waals surface area contributed by atoms with Gasteiger partial charge in [-0.2, -0.15) is 0 Å². The molecule has 2 aromatic carbocycles. The van der Waals surface area contributed by atoms with Crippen LogP contribution in [0.4, 0.5) is 0 Å². The second-order valence-corrected chi connectivity index (χ2v) is 5.42. The molecule has 84 valence electrons. The fourth-order valence-electron chi connectivity index (χ4n) is 1.92. The largest absolute Gasteiger partial charge is 0.275 e. The summed E-state index contributed by atoms with van der Waals surface area (Å²) in [5, 5.41) is 3.07. The van der Waals surface area contributed by atoms with E-state index in [0.29, 0.717) is 9.90 Å². The molecule has 1 aromatic heterocycles. The summed E-state index contributed by atoms with van der Waals surface area (Å²) in [4.78, 5) is 11.7. The lowest BCUT2D eigenvalue weighted by molar-refractivity contribution is 0.108. The third-order valence-electron chi connectivity index (χ3n) is 2.70. The van der Waals surface area contributed by atoms with Gasteiger partial charge in [0.2, 0.25) is 0 Å². The van der Waals surface area contributed by atoms with Gasteiger partial charge in [-0.05, 0) is 22.4 Å². The van der Waals surface area contributed by atoms with E-state index in [9.17, 15) is 4.79 Å². The van der Waals surface area contributed by atoms with Crippen LogP contribution in [0.5, 0.6) is 0 Å². The lowest BCUT2D eigenvalue weighted by atomic mass is 10.1. The molecule has 0 atom stereocenters. The van der Waals surface area contributed by atoms with Crippen molar-refractivity contribution < 1.29 is 4.79 Å². The van der Waals surface area contributed by atoms with Crippen LogP contribution in [0, 0.1) is 0 Å². The van der Waals surface area contributed by atoms with Crippen molar-refractivity contribution in [3.63, 3.8) is 0 Å². The van der Waals surface area contributed by atoms with Crippen molar-refractivity contribution in [2.75, 3.05) is 0 Å². The number of hydrogen-bond acceptors (Lipinski definition) is 2. The van der Waals surface area contributed by atoms with E-state index < -0.39 is 5.24 Å². The van der Waals surface area contributed by atoms with Gasteiger partial charge in [0.05, 0.1) is 5.02 Å². The molecule has 1 nitrogen and oxygen atoms in total. The van der Waals surface area contributed by atoms with Crippen LogP contribution in [-0.2, 0) is 0 Å². The van der Waals surface area contributed by atoms with Crippen molar-refractivity contribution in [1.29, 1.82) is 0 Å². The number of hydrogen-bond donors (Lipinski definition) is 0. The maximum atomic E-state index is 11.3. The Morgan fingerprint density at radius 2 is 1.82 bits per heavy atom. The first-order chi connectivity index (χ1) is 8.18. The normalized spacial score (nSPS) is 11.2. The molecule has 0 amide bonds. The van der Waals surface area contributed by atoms with Crippen LogP contribution < -0.4 is 0 Å². The Hall–Kier alpha value is -1.09. The van der Waals surface area contributed by atoms with Gasteiger partial charge in [0.15, 0.2) is 0 Å². The predicted molar refractivity (Wildman–Crippen MR) is 74.5 cm³/mol. The first-order valence-corrected chi connectivity index (χ1v) is 6.55. The SMILES string of the molecule is O=C(Cl)c1sc2c(ccc3ccccc32)c1Cl. The molecule has 0 saturated carbocycles. The standard InChI is InChI=1S/C13H6Cl2OS/c14-10-9-6-5-7-3-1-2-4-8(7)11(9)17-12(10)13(15)16/h1-6H. The zero-order valence-electron chi connectivity index (χ0n) is 8.54. The molecule has 0 bridgehead atoms. The quantitative estimate of drug-likeness (QED) is 0.568. The summed E-state index contributed by atoms with van der Waals surface area (Å²) in [6.07, 6.45) is 0. The van der Waals surface area contributed by atoms with E-state index in [0.717, 1.165) is 20.9 Å². The molecule has 0 unspecified atom stereocenters.